The maximum absolute atomic E-state index is 12.3. The molecule has 2 heterocycles. The van der Waals surface area contributed by atoms with Crippen molar-refractivity contribution in [2.24, 2.45) is 0 Å². The summed E-state index contributed by atoms with van der Waals surface area (Å²) in [7, 11) is 0. The molecule has 120 valence electrons. The summed E-state index contributed by atoms with van der Waals surface area (Å²) in [5.74, 6) is -0.800. The van der Waals surface area contributed by atoms with E-state index in [0.29, 0.717) is 16.1 Å². The van der Waals surface area contributed by atoms with Crippen LogP contribution in [0.4, 0.5) is 0 Å². The van der Waals surface area contributed by atoms with Gasteiger partial charge < -0.3 is 0 Å². The normalized spacial score (nSPS) is 10.2. The predicted octanol–water partition coefficient (Wildman–Crippen LogP) is 2.59. The second-order valence-electron chi connectivity index (χ2n) is 4.94. The minimum absolute atomic E-state index is 0.394. The van der Waals surface area contributed by atoms with Crippen LogP contribution in [-0.2, 0) is 0 Å². The predicted molar refractivity (Wildman–Crippen MR) is 91.5 cm³/mol. The highest BCUT2D eigenvalue weighted by Crippen LogP contribution is 2.27. The molecular weight excluding hydrogens is 324 g/mol. The van der Waals surface area contributed by atoms with Gasteiger partial charge in [-0.3, -0.25) is 25.4 Å². The monoisotopic (exact) mass is 338 g/mol. The second kappa shape index (κ2) is 7.01. The first-order chi connectivity index (χ1) is 11.6. The third-order valence-corrected chi connectivity index (χ3v) is 4.46. The van der Waals surface area contributed by atoms with Crippen molar-refractivity contribution in [1.82, 2.24) is 20.8 Å². The van der Waals surface area contributed by atoms with E-state index >= 15 is 0 Å². The molecule has 0 aliphatic carbocycles. The number of nitrogens with zero attached hydrogens (tertiary/aromatic N) is 2. The number of pyridine rings is 1. The van der Waals surface area contributed by atoms with Crippen molar-refractivity contribution in [3.8, 4) is 10.6 Å². The highest BCUT2D eigenvalue weighted by atomic mass is 32.1. The zero-order valence-electron chi connectivity index (χ0n) is 12.8. The van der Waals surface area contributed by atoms with Gasteiger partial charge in [-0.25, -0.2) is 4.98 Å². The fourth-order valence-electron chi connectivity index (χ4n) is 2.06. The smallest absolute Gasteiger partial charge is 0.267 e. The lowest BCUT2D eigenvalue weighted by Gasteiger charge is -2.06. The molecule has 3 rings (SSSR count). The summed E-state index contributed by atoms with van der Waals surface area (Å²) < 4.78 is 0. The molecule has 6 nitrogen and oxygen atoms in total. The van der Waals surface area contributed by atoms with Gasteiger partial charge in [-0.2, -0.15) is 0 Å². The summed E-state index contributed by atoms with van der Waals surface area (Å²) in [6, 6.07) is 12.8. The Balaban J connectivity index is 1.70. The Hall–Kier alpha value is -3.06. The average molecular weight is 338 g/mol. The zero-order chi connectivity index (χ0) is 16.9. The summed E-state index contributed by atoms with van der Waals surface area (Å²) in [4.78, 5) is 32.9. The van der Waals surface area contributed by atoms with E-state index in [1.807, 2.05) is 30.3 Å². The first-order valence-corrected chi connectivity index (χ1v) is 8.00. The number of carbonyl (C=O) groups excluding carboxylic acids is 2. The quantitative estimate of drug-likeness (QED) is 0.719. The van der Waals surface area contributed by atoms with Crippen molar-refractivity contribution in [3.05, 3.63) is 71.0 Å². The van der Waals surface area contributed by atoms with E-state index in [0.717, 1.165) is 10.6 Å². The molecule has 3 aromatic rings. The van der Waals surface area contributed by atoms with Crippen molar-refractivity contribution < 1.29 is 9.59 Å². The molecule has 0 atom stereocenters. The number of thiazole rings is 1. The molecular formula is C17H14N4O2S. The van der Waals surface area contributed by atoms with Crippen LogP contribution in [0.25, 0.3) is 10.6 Å². The number of hydrogen-bond acceptors (Lipinski definition) is 5. The van der Waals surface area contributed by atoms with Crippen LogP contribution < -0.4 is 10.9 Å². The lowest BCUT2D eigenvalue weighted by Crippen LogP contribution is -2.41. The number of carbonyl (C=O) groups is 2. The maximum Gasteiger partial charge on any atom is 0.281 e. The molecule has 0 bridgehead atoms. The van der Waals surface area contributed by atoms with Crippen LogP contribution in [-0.4, -0.2) is 21.8 Å². The van der Waals surface area contributed by atoms with Crippen molar-refractivity contribution in [2.45, 2.75) is 6.92 Å². The topological polar surface area (TPSA) is 84.0 Å². The van der Waals surface area contributed by atoms with Gasteiger partial charge in [0, 0.05) is 23.5 Å². The Morgan fingerprint density at radius 1 is 0.958 bits per heavy atom. The molecule has 0 fully saturated rings. The number of aryl methyl sites for hydroxylation is 1. The highest BCUT2D eigenvalue weighted by Gasteiger charge is 2.17. The third-order valence-electron chi connectivity index (χ3n) is 3.26. The van der Waals surface area contributed by atoms with Gasteiger partial charge in [-0.15, -0.1) is 11.3 Å². The van der Waals surface area contributed by atoms with Crippen LogP contribution in [0.5, 0.6) is 0 Å². The second-order valence-corrected chi connectivity index (χ2v) is 5.94. The number of aromatic nitrogens is 2. The van der Waals surface area contributed by atoms with Crippen molar-refractivity contribution in [2.75, 3.05) is 0 Å². The third kappa shape index (κ3) is 3.47. The first kappa shape index (κ1) is 15.8. The van der Waals surface area contributed by atoms with Crippen LogP contribution in [0, 0.1) is 6.92 Å². The van der Waals surface area contributed by atoms with Gasteiger partial charge in [0.25, 0.3) is 11.8 Å². The Bertz CT molecular complexity index is 863. The lowest BCUT2D eigenvalue weighted by atomic mass is 10.2. The van der Waals surface area contributed by atoms with Crippen molar-refractivity contribution in [1.29, 1.82) is 0 Å². The van der Waals surface area contributed by atoms with Crippen LogP contribution in [0.3, 0.4) is 0 Å². The largest absolute Gasteiger partial charge is 0.281 e. The van der Waals surface area contributed by atoms with Crippen LogP contribution in [0.1, 0.15) is 25.7 Å². The Morgan fingerprint density at radius 2 is 1.62 bits per heavy atom. The molecule has 2 N–H and O–H groups in total. The van der Waals surface area contributed by atoms with Gasteiger partial charge >= 0.3 is 0 Å². The number of hydrogen-bond donors (Lipinski definition) is 2. The number of amides is 2. The molecule has 24 heavy (non-hydrogen) atoms. The van der Waals surface area contributed by atoms with E-state index in [-0.39, 0.29) is 0 Å². The van der Waals surface area contributed by atoms with E-state index < -0.39 is 11.8 Å². The molecule has 0 aliphatic rings. The zero-order valence-corrected chi connectivity index (χ0v) is 13.6. The summed E-state index contributed by atoms with van der Waals surface area (Å²) in [5, 5.41) is 0.763. The summed E-state index contributed by atoms with van der Waals surface area (Å²) >= 11 is 1.28. The molecule has 0 aliphatic heterocycles. The fourth-order valence-corrected chi connectivity index (χ4v) is 3.02. The van der Waals surface area contributed by atoms with Crippen molar-refractivity contribution >= 4 is 23.2 Å². The van der Waals surface area contributed by atoms with E-state index in [9.17, 15) is 9.59 Å². The summed E-state index contributed by atoms with van der Waals surface area (Å²) in [6.07, 6.45) is 3.02. The number of benzene rings is 1. The molecule has 1 aromatic carbocycles. The van der Waals surface area contributed by atoms with Crippen molar-refractivity contribution in [3.63, 3.8) is 0 Å². The standard InChI is InChI=1S/C17H14N4O2S/c1-11-14(24-17(19-11)13-5-3-2-4-6-13)16(23)21-20-15(22)12-7-9-18-10-8-12/h2-10H,1H3,(H,20,22)(H,21,23). The first-order valence-electron chi connectivity index (χ1n) is 7.18. The van der Waals surface area contributed by atoms with E-state index in [1.165, 1.54) is 23.7 Å². The van der Waals surface area contributed by atoms with Crippen LogP contribution in [0.2, 0.25) is 0 Å². The van der Waals surface area contributed by atoms with Crippen LogP contribution in [0.15, 0.2) is 54.9 Å². The van der Waals surface area contributed by atoms with E-state index in [4.69, 9.17) is 0 Å². The SMILES string of the molecule is Cc1nc(-c2ccccc2)sc1C(=O)NNC(=O)c1ccncc1. The Labute approximate surface area is 142 Å². The molecule has 0 unspecified atom stereocenters. The maximum atomic E-state index is 12.3. The molecule has 2 aromatic heterocycles. The average Bonchev–Trinajstić information content (AvgIpc) is 3.03. The molecule has 0 saturated carbocycles. The molecule has 0 radical (unpaired) electrons. The number of rotatable bonds is 3. The minimum Gasteiger partial charge on any atom is -0.267 e. The van der Waals surface area contributed by atoms with Gasteiger partial charge in [0.1, 0.15) is 9.88 Å². The molecule has 0 saturated heterocycles. The van der Waals surface area contributed by atoms with Gasteiger partial charge in [-0.1, -0.05) is 30.3 Å². The Kier molecular flexibility index (Phi) is 4.62. The van der Waals surface area contributed by atoms with E-state index in [1.54, 1.807) is 19.1 Å². The molecule has 0 spiro atoms. The lowest BCUT2D eigenvalue weighted by molar-refractivity contribution is 0.0848. The van der Waals surface area contributed by atoms with Gasteiger partial charge in [0.05, 0.1) is 5.69 Å². The number of nitrogens with one attached hydrogen (secondary N) is 2. The van der Waals surface area contributed by atoms with Gasteiger partial charge in [0.15, 0.2) is 0 Å². The number of hydrazine groups is 1. The summed E-state index contributed by atoms with van der Waals surface area (Å²) in [6.45, 7) is 1.77. The molecule has 7 heteroatoms. The fraction of sp³-hybridized carbons (Fsp3) is 0.0588. The minimum atomic E-state index is -0.406. The molecule has 2 amide bonds. The van der Waals surface area contributed by atoms with Gasteiger partial charge in [-0.05, 0) is 19.1 Å². The summed E-state index contributed by atoms with van der Waals surface area (Å²) in [5.41, 5.74) is 6.78. The Morgan fingerprint density at radius 3 is 2.33 bits per heavy atom. The van der Waals surface area contributed by atoms with E-state index in [2.05, 4.69) is 20.8 Å². The highest BCUT2D eigenvalue weighted by molar-refractivity contribution is 7.17. The van der Waals surface area contributed by atoms with Crippen LogP contribution >= 0.6 is 11.3 Å². The van der Waals surface area contributed by atoms with Gasteiger partial charge in [0.2, 0.25) is 0 Å².